The van der Waals surface area contributed by atoms with Crippen LogP contribution in [0.5, 0.6) is 5.75 Å². The molecule has 1 fully saturated rings. The van der Waals surface area contributed by atoms with Gasteiger partial charge in [0.15, 0.2) is 6.61 Å². The summed E-state index contributed by atoms with van der Waals surface area (Å²) >= 11 is 0. The highest BCUT2D eigenvalue weighted by Crippen LogP contribution is 2.27. The normalized spacial score (nSPS) is 15.5. The second-order valence-electron chi connectivity index (χ2n) is 8.42. The number of amides is 3. The van der Waals surface area contributed by atoms with Crippen molar-refractivity contribution in [1.82, 2.24) is 9.88 Å². The zero-order valence-electron chi connectivity index (χ0n) is 19.1. The number of hydrogen-bond donors (Lipinski definition) is 1. The molecule has 0 saturated carbocycles. The van der Waals surface area contributed by atoms with Crippen molar-refractivity contribution in [2.75, 3.05) is 18.1 Å². The van der Waals surface area contributed by atoms with Gasteiger partial charge in [-0.2, -0.15) is 0 Å². The lowest BCUT2D eigenvalue weighted by Crippen LogP contribution is -2.48. The van der Waals surface area contributed by atoms with Crippen LogP contribution in [0.1, 0.15) is 12.0 Å². The third-order valence-corrected chi connectivity index (χ3v) is 6.24. The Morgan fingerprint density at radius 2 is 1.63 bits per heavy atom. The van der Waals surface area contributed by atoms with E-state index in [1.54, 1.807) is 36.4 Å². The van der Waals surface area contributed by atoms with Gasteiger partial charge in [-0.05, 0) is 42.3 Å². The predicted molar refractivity (Wildman–Crippen MR) is 133 cm³/mol. The van der Waals surface area contributed by atoms with Gasteiger partial charge < -0.3 is 14.6 Å². The Morgan fingerprint density at radius 1 is 0.943 bits per heavy atom. The minimum Gasteiger partial charge on any atom is -0.484 e. The molecule has 3 amide bonds. The second-order valence-corrected chi connectivity index (χ2v) is 8.42. The average molecular weight is 468 g/mol. The Hall–Kier alpha value is -4.39. The third kappa shape index (κ3) is 4.66. The van der Waals surface area contributed by atoms with Crippen LogP contribution < -0.4 is 9.64 Å². The van der Waals surface area contributed by atoms with Gasteiger partial charge in [0, 0.05) is 23.6 Å². The zero-order valence-corrected chi connectivity index (χ0v) is 19.1. The van der Waals surface area contributed by atoms with E-state index in [0.29, 0.717) is 17.9 Å². The van der Waals surface area contributed by atoms with Crippen LogP contribution in [0, 0.1) is 0 Å². The molecular weight excluding hydrogens is 442 g/mol. The lowest BCUT2D eigenvalue weighted by Gasteiger charge is -2.27. The number of ether oxygens (including phenoxy) is 1. The van der Waals surface area contributed by atoms with Crippen LogP contribution in [-0.4, -0.2) is 46.8 Å². The molecule has 0 radical (unpaired) electrons. The van der Waals surface area contributed by atoms with Crippen molar-refractivity contribution in [2.45, 2.75) is 18.9 Å². The molecule has 3 aromatic carbocycles. The molecule has 4 aromatic rings. The minimum absolute atomic E-state index is 0.0569. The smallest absolute Gasteiger partial charge is 0.261 e. The van der Waals surface area contributed by atoms with Crippen LogP contribution in [0.15, 0.2) is 91.1 Å². The number of fused-ring (bicyclic) bond motifs is 1. The number of aromatic amines is 1. The zero-order chi connectivity index (χ0) is 24.2. The number of benzene rings is 3. The number of carbonyl (C=O) groups excluding carboxylic acids is 3. The molecule has 5 rings (SSSR count). The van der Waals surface area contributed by atoms with Crippen molar-refractivity contribution in [1.29, 1.82) is 0 Å². The van der Waals surface area contributed by atoms with E-state index < -0.39 is 11.9 Å². The molecule has 7 nitrogen and oxygen atoms in total. The number of para-hydroxylation sites is 3. The van der Waals surface area contributed by atoms with E-state index in [-0.39, 0.29) is 31.4 Å². The number of nitrogens with zero attached hydrogens (tertiary/aromatic N) is 2. The monoisotopic (exact) mass is 467 g/mol. The van der Waals surface area contributed by atoms with Gasteiger partial charge >= 0.3 is 0 Å². The van der Waals surface area contributed by atoms with Crippen molar-refractivity contribution in [3.63, 3.8) is 0 Å². The third-order valence-electron chi connectivity index (χ3n) is 6.24. The highest BCUT2D eigenvalue weighted by Gasteiger charge is 2.44. The van der Waals surface area contributed by atoms with Crippen molar-refractivity contribution in [3.8, 4) is 5.75 Å². The van der Waals surface area contributed by atoms with E-state index in [1.165, 1.54) is 9.80 Å². The summed E-state index contributed by atoms with van der Waals surface area (Å²) in [6, 6.07) is 24.9. The van der Waals surface area contributed by atoms with E-state index >= 15 is 0 Å². The molecule has 0 bridgehead atoms. The van der Waals surface area contributed by atoms with E-state index in [9.17, 15) is 14.4 Å². The number of rotatable bonds is 8. The molecule has 35 heavy (non-hydrogen) atoms. The largest absolute Gasteiger partial charge is 0.484 e. The summed E-state index contributed by atoms with van der Waals surface area (Å²) in [4.78, 5) is 45.5. The van der Waals surface area contributed by atoms with Crippen LogP contribution in [0.2, 0.25) is 0 Å². The van der Waals surface area contributed by atoms with E-state index in [4.69, 9.17) is 4.74 Å². The fraction of sp³-hybridized carbons (Fsp3) is 0.179. The number of carbonyl (C=O) groups is 3. The van der Waals surface area contributed by atoms with Crippen LogP contribution in [0.3, 0.4) is 0 Å². The van der Waals surface area contributed by atoms with Gasteiger partial charge in [-0.15, -0.1) is 0 Å². The summed E-state index contributed by atoms with van der Waals surface area (Å²) in [5.74, 6) is -0.486. The summed E-state index contributed by atoms with van der Waals surface area (Å²) < 4.78 is 5.68. The average Bonchev–Trinajstić information content (AvgIpc) is 3.44. The summed E-state index contributed by atoms with van der Waals surface area (Å²) in [6.07, 6.45) is 2.40. The molecule has 1 aliphatic heterocycles. The number of nitrogens with one attached hydrogen (secondary N) is 1. The number of hydrogen-bond acceptors (Lipinski definition) is 4. The van der Waals surface area contributed by atoms with Crippen molar-refractivity contribution >= 4 is 34.3 Å². The molecule has 1 N–H and O–H groups in total. The van der Waals surface area contributed by atoms with Gasteiger partial charge in [0.2, 0.25) is 5.91 Å². The Kier molecular flexibility index (Phi) is 6.30. The maximum atomic E-state index is 13.4. The highest BCUT2D eigenvalue weighted by atomic mass is 16.5. The highest BCUT2D eigenvalue weighted by molar-refractivity contribution is 6.23. The first kappa shape index (κ1) is 22.4. The molecule has 1 aliphatic rings. The Labute approximate surface area is 202 Å². The quantitative estimate of drug-likeness (QED) is 0.398. The molecule has 1 saturated heterocycles. The summed E-state index contributed by atoms with van der Waals surface area (Å²) in [5.41, 5.74) is 2.56. The van der Waals surface area contributed by atoms with E-state index in [2.05, 4.69) is 4.98 Å². The van der Waals surface area contributed by atoms with Gasteiger partial charge in [0.1, 0.15) is 11.8 Å². The number of imide groups is 1. The van der Waals surface area contributed by atoms with Gasteiger partial charge in [0.25, 0.3) is 11.8 Å². The molecular formula is C28H25N3O4. The Morgan fingerprint density at radius 3 is 2.40 bits per heavy atom. The van der Waals surface area contributed by atoms with Gasteiger partial charge in [-0.25, -0.2) is 4.90 Å². The van der Waals surface area contributed by atoms with Gasteiger partial charge in [0.05, 0.1) is 12.1 Å². The Balaban J connectivity index is 1.38. The maximum Gasteiger partial charge on any atom is 0.261 e. The van der Waals surface area contributed by atoms with E-state index in [1.807, 2.05) is 54.7 Å². The van der Waals surface area contributed by atoms with Crippen LogP contribution in [0.4, 0.5) is 5.69 Å². The molecule has 0 spiro atoms. The van der Waals surface area contributed by atoms with Gasteiger partial charge in [-0.1, -0.05) is 54.6 Å². The minimum atomic E-state index is -0.875. The topological polar surface area (TPSA) is 82.7 Å². The number of aromatic nitrogens is 1. The van der Waals surface area contributed by atoms with Gasteiger partial charge in [-0.3, -0.25) is 14.4 Å². The lowest BCUT2D eigenvalue weighted by atomic mass is 10.1. The van der Waals surface area contributed by atoms with Crippen LogP contribution >= 0.6 is 0 Å². The maximum absolute atomic E-state index is 13.4. The molecule has 1 atom stereocenters. The molecule has 1 aromatic heterocycles. The molecule has 2 heterocycles. The first-order valence-electron chi connectivity index (χ1n) is 11.6. The number of H-pyrrole nitrogens is 1. The van der Waals surface area contributed by atoms with Crippen molar-refractivity contribution < 1.29 is 19.1 Å². The second kappa shape index (κ2) is 9.85. The number of anilines is 1. The fourth-order valence-corrected chi connectivity index (χ4v) is 4.49. The molecule has 0 aliphatic carbocycles. The SMILES string of the molecule is O=C1CC(N(CCc2c[nH]c3ccccc23)C(=O)COc2ccccc2)C(=O)N1c1ccccc1. The van der Waals surface area contributed by atoms with Crippen LogP contribution in [-0.2, 0) is 20.8 Å². The molecule has 176 valence electrons. The first-order valence-corrected chi connectivity index (χ1v) is 11.6. The van der Waals surface area contributed by atoms with E-state index in [0.717, 1.165) is 16.5 Å². The summed E-state index contributed by atoms with van der Waals surface area (Å²) in [6.45, 7) is 0.0619. The standard InChI is InChI=1S/C28H25N3O4/c32-26-17-25(28(34)31(26)21-9-3-1-4-10-21)30(27(33)19-35-22-11-5-2-6-12-22)16-15-20-18-29-24-14-8-7-13-23(20)24/h1-14,18,25,29H,15-17,19H2. The summed E-state index contributed by atoms with van der Waals surface area (Å²) in [5, 5.41) is 1.07. The molecule has 1 unspecified atom stereocenters. The first-order chi connectivity index (χ1) is 17.1. The molecule has 7 heteroatoms. The fourth-order valence-electron chi connectivity index (χ4n) is 4.49. The lowest BCUT2D eigenvalue weighted by molar-refractivity contribution is -0.140. The predicted octanol–water partition coefficient (Wildman–Crippen LogP) is 3.95. The summed E-state index contributed by atoms with van der Waals surface area (Å²) in [7, 11) is 0. The van der Waals surface area contributed by atoms with Crippen LogP contribution in [0.25, 0.3) is 10.9 Å². The Bertz CT molecular complexity index is 1350. The van der Waals surface area contributed by atoms with Crippen molar-refractivity contribution in [2.24, 2.45) is 0 Å². The van der Waals surface area contributed by atoms with Crippen molar-refractivity contribution in [3.05, 3.63) is 96.7 Å².